The summed E-state index contributed by atoms with van der Waals surface area (Å²) in [4.78, 5) is 28.1. The first kappa shape index (κ1) is 30.9. The Hall–Kier alpha value is -3.68. The van der Waals surface area contributed by atoms with E-state index in [2.05, 4.69) is 10.6 Å². The quantitative estimate of drug-likeness (QED) is 0.249. The topological polar surface area (TPSA) is 90.9 Å². The van der Waals surface area contributed by atoms with Gasteiger partial charge in [0, 0.05) is 37.3 Å². The predicted molar refractivity (Wildman–Crippen MR) is 161 cm³/mol. The summed E-state index contributed by atoms with van der Waals surface area (Å²) in [5.74, 6) is 0.554. The number of aliphatic hydroxyl groups is 1. The van der Waals surface area contributed by atoms with Gasteiger partial charge >= 0.3 is 0 Å². The lowest BCUT2D eigenvalue weighted by Crippen LogP contribution is -2.48. The van der Waals surface area contributed by atoms with Gasteiger partial charge in [-0.05, 0) is 73.2 Å². The van der Waals surface area contributed by atoms with Crippen molar-refractivity contribution in [1.82, 2.24) is 10.6 Å². The van der Waals surface area contributed by atoms with Crippen LogP contribution in [0.4, 0.5) is 5.69 Å². The summed E-state index contributed by atoms with van der Waals surface area (Å²) >= 11 is 0. The minimum atomic E-state index is -0.832. The molecule has 214 valence electrons. The second-order valence-electron chi connectivity index (χ2n) is 10.2. The zero-order valence-corrected chi connectivity index (χ0v) is 24.2. The van der Waals surface area contributed by atoms with Gasteiger partial charge in [-0.2, -0.15) is 0 Å². The van der Waals surface area contributed by atoms with Crippen LogP contribution in [0.3, 0.4) is 0 Å². The molecule has 7 nitrogen and oxygen atoms in total. The molecule has 40 heavy (non-hydrogen) atoms. The molecule has 0 radical (unpaired) electrons. The molecule has 7 heteroatoms. The minimum Gasteiger partial charge on any atom is -0.497 e. The Balaban J connectivity index is 1.77. The number of rotatable bonds is 15. The van der Waals surface area contributed by atoms with Crippen LogP contribution in [0.1, 0.15) is 60.2 Å². The summed E-state index contributed by atoms with van der Waals surface area (Å²) in [6.07, 6.45) is 1.69. The van der Waals surface area contributed by atoms with Gasteiger partial charge in [-0.25, -0.2) is 0 Å². The van der Waals surface area contributed by atoms with Crippen LogP contribution < -0.4 is 20.3 Å². The van der Waals surface area contributed by atoms with E-state index in [1.54, 1.807) is 18.1 Å². The number of anilines is 1. The number of ether oxygens (including phenoxy) is 1. The number of carbonyl (C=O) groups is 2. The number of hydrogen-bond acceptors (Lipinski definition) is 5. The molecule has 0 fully saturated rings. The first-order valence-electron chi connectivity index (χ1n) is 14.1. The van der Waals surface area contributed by atoms with Gasteiger partial charge < -0.3 is 25.4 Å². The third-order valence-electron chi connectivity index (χ3n) is 6.74. The number of amides is 2. The molecule has 0 aliphatic heterocycles. The Bertz CT molecular complexity index is 1230. The van der Waals surface area contributed by atoms with Gasteiger partial charge in [0.05, 0.1) is 19.3 Å². The zero-order chi connectivity index (χ0) is 28.9. The molecule has 0 saturated carbocycles. The van der Waals surface area contributed by atoms with Crippen molar-refractivity contribution in [2.45, 2.75) is 65.1 Å². The Kier molecular flexibility index (Phi) is 12.2. The lowest BCUT2D eigenvalue weighted by atomic mass is 10.00. The summed E-state index contributed by atoms with van der Waals surface area (Å²) in [5.41, 5.74) is 4.15. The molecule has 0 heterocycles. The molecule has 2 unspecified atom stereocenters. The highest BCUT2D eigenvalue weighted by Crippen LogP contribution is 2.22. The van der Waals surface area contributed by atoms with Crippen molar-refractivity contribution < 1.29 is 19.4 Å². The van der Waals surface area contributed by atoms with Gasteiger partial charge in [-0.3, -0.25) is 9.59 Å². The molecule has 3 aromatic rings. The van der Waals surface area contributed by atoms with Gasteiger partial charge in [0.15, 0.2) is 0 Å². The number of carbonyl (C=O) groups excluding carboxylic acids is 2. The van der Waals surface area contributed by atoms with E-state index in [0.717, 1.165) is 41.0 Å². The van der Waals surface area contributed by atoms with Crippen molar-refractivity contribution in [3.63, 3.8) is 0 Å². The van der Waals surface area contributed by atoms with Crippen LogP contribution in [0.15, 0.2) is 72.8 Å². The Morgan fingerprint density at radius 2 is 1.70 bits per heavy atom. The maximum atomic E-state index is 13.5. The fourth-order valence-corrected chi connectivity index (χ4v) is 4.71. The molecule has 2 amide bonds. The van der Waals surface area contributed by atoms with E-state index in [0.29, 0.717) is 38.0 Å². The van der Waals surface area contributed by atoms with Gasteiger partial charge in [-0.1, -0.05) is 56.3 Å². The third-order valence-corrected chi connectivity index (χ3v) is 6.74. The summed E-state index contributed by atoms with van der Waals surface area (Å²) in [5, 5.41) is 17.6. The van der Waals surface area contributed by atoms with E-state index >= 15 is 0 Å². The smallest absolute Gasteiger partial charge is 0.251 e. The van der Waals surface area contributed by atoms with Crippen molar-refractivity contribution >= 4 is 17.5 Å². The van der Waals surface area contributed by atoms with Crippen molar-refractivity contribution in [2.75, 3.05) is 25.1 Å². The molecule has 0 saturated heterocycles. The zero-order valence-electron chi connectivity index (χ0n) is 24.2. The molecule has 2 atom stereocenters. The normalized spacial score (nSPS) is 12.4. The fraction of sp³-hybridized carbons (Fsp3) is 0.394. The summed E-state index contributed by atoms with van der Waals surface area (Å²) in [6.45, 7) is 7.39. The highest BCUT2D eigenvalue weighted by Gasteiger charge is 2.24. The average molecular weight is 546 g/mol. The second kappa shape index (κ2) is 15.8. The largest absolute Gasteiger partial charge is 0.497 e. The number of nitrogens with zero attached hydrogens (tertiary/aromatic N) is 1. The van der Waals surface area contributed by atoms with Crippen LogP contribution in [0.5, 0.6) is 5.75 Å². The SMILES string of the molecule is CCCC(=O)N(CCC)c1cc(C)cc(C(=O)NC(Cc2ccccc2)C(O)CNCc2cccc(OC)c2)c1. The van der Waals surface area contributed by atoms with Crippen molar-refractivity contribution in [3.05, 3.63) is 95.1 Å². The summed E-state index contributed by atoms with van der Waals surface area (Å²) < 4.78 is 5.30. The Morgan fingerprint density at radius 3 is 2.40 bits per heavy atom. The highest BCUT2D eigenvalue weighted by atomic mass is 16.5. The summed E-state index contributed by atoms with van der Waals surface area (Å²) in [7, 11) is 1.63. The molecule has 3 rings (SSSR count). The second-order valence-corrected chi connectivity index (χ2v) is 10.2. The Labute approximate surface area is 238 Å². The van der Waals surface area contributed by atoms with Gasteiger partial charge in [0.1, 0.15) is 5.75 Å². The minimum absolute atomic E-state index is 0.0563. The first-order valence-corrected chi connectivity index (χ1v) is 14.1. The molecule has 0 aliphatic carbocycles. The molecule has 0 aromatic heterocycles. The molecular weight excluding hydrogens is 502 g/mol. The van der Waals surface area contributed by atoms with Crippen LogP contribution >= 0.6 is 0 Å². The van der Waals surface area contributed by atoms with Crippen molar-refractivity contribution in [2.24, 2.45) is 0 Å². The third kappa shape index (κ3) is 9.21. The maximum absolute atomic E-state index is 13.5. The number of aryl methyl sites for hydroxylation is 1. The highest BCUT2D eigenvalue weighted by molar-refractivity contribution is 5.98. The number of methoxy groups -OCH3 is 1. The Morgan fingerprint density at radius 1 is 0.950 bits per heavy atom. The fourth-order valence-electron chi connectivity index (χ4n) is 4.71. The van der Waals surface area contributed by atoms with E-state index in [1.165, 1.54) is 0 Å². The van der Waals surface area contributed by atoms with Crippen molar-refractivity contribution in [3.8, 4) is 5.75 Å². The molecule has 0 aliphatic rings. The van der Waals surface area contributed by atoms with Crippen LogP contribution in [0.2, 0.25) is 0 Å². The van der Waals surface area contributed by atoms with Crippen molar-refractivity contribution in [1.29, 1.82) is 0 Å². The van der Waals surface area contributed by atoms with Gasteiger partial charge in [-0.15, -0.1) is 0 Å². The number of benzene rings is 3. The number of hydrogen-bond donors (Lipinski definition) is 3. The molecule has 0 spiro atoms. The lowest BCUT2D eigenvalue weighted by Gasteiger charge is -2.26. The van der Waals surface area contributed by atoms with Gasteiger partial charge in [0.25, 0.3) is 5.91 Å². The predicted octanol–water partition coefficient (Wildman–Crippen LogP) is 5.04. The van der Waals surface area contributed by atoms with Crippen LogP contribution in [0.25, 0.3) is 0 Å². The van der Waals surface area contributed by atoms with Crippen LogP contribution in [0, 0.1) is 6.92 Å². The molecule has 3 N–H and O–H groups in total. The van der Waals surface area contributed by atoms with E-state index in [1.807, 2.05) is 87.5 Å². The maximum Gasteiger partial charge on any atom is 0.251 e. The van der Waals surface area contributed by atoms with Crippen LogP contribution in [-0.2, 0) is 17.8 Å². The van der Waals surface area contributed by atoms with E-state index < -0.39 is 12.1 Å². The van der Waals surface area contributed by atoms with E-state index in [4.69, 9.17) is 4.74 Å². The average Bonchev–Trinajstić information content (AvgIpc) is 2.95. The number of aliphatic hydroxyl groups excluding tert-OH is 1. The van der Waals surface area contributed by atoms with E-state index in [9.17, 15) is 14.7 Å². The van der Waals surface area contributed by atoms with Crippen LogP contribution in [-0.4, -0.2) is 49.3 Å². The first-order chi connectivity index (χ1) is 19.3. The molecule has 3 aromatic carbocycles. The van der Waals surface area contributed by atoms with E-state index in [-0.39, 0.29) is 11.8 Å². The number of nitrogens with one attached hydrogen (secondary N) is 2. The standard InChI is InChI=1S/C33H43N3O4/c1-5-11-32(38)36(16-6-2)28-18-24(3)17-27(21-28)33(39)35-30(20-25-12-8-7-9-13-25)31(37)23-34-22-26-14-10-15-29(19-26)40-4/h7-10,12-15,17-19,21,30-31,34,37H,5-6,11,16,20,22-23H2,1-4H3,(H,35,39). The van der Waals surface area contributed by atoms with Gasteiger partial charge in [0.2, 0.25) is 5.91 Å². The molecule has 0 bridgehead atoms. The monoisotopic (exact) mass is 545 g/mol. The molecular formula is C33H43N3O4. The lowest BCUT2D eigenvalue weighted by molar-refractivity contribution is -0.118. The summed E-state index contributed by atoms with van der Waals surface area (Å²) in [6, 6.07) is 22.6.